The lowest BCUT2D eigenvalue weighted by Crippen LogP contribution is -2.18. The van der Waals surface area contributed by atoms with Crippen LogP contribution in [-0.4, -0.2) is 31.5 Å². The van der Waals surface area contributed by atoms with Crippen LogP contribution in [0.5, 0.6) is 11.5 Å². The van der Waals surface area contributed by atoms with Gasteiger partial charge < -0.3 is 25.6 Å². The van der Waals surface area contributed by atoms with Gasteiger partial charge in [0, 0.05) is 25.3 Å². The van der Waals surface area contributed by atoms with Gasteiger partial charge in [0.05, 0.1) is 11.4 Å². The second kappa shape index (κ2) is 5.14. The van der Waals surface area contributed by atoms with Crippen LogP contribution in [0.25, 0.3) is 0 Å². The monoisotopic (exact) mass is 238 g/mol. The third-order valence-corrected chi connectivity index (χ3v) is 2.67. The first-order chi connectivity index (χ1) is 8.20. The number of nitrogen functional groups attached to an aromatic ring is 1. The molecule has 0 aliphatic carbocycles. The van der Waals surface area contributed by atoms with Crippen molar-refractivity contribution in [1.82, 2.24) is 0 Å². The molecule has 1 aliphatic rings. The van der Waals surface area contributed by atoms with Gasteiger partial charge in [0.25, 0.3) is 0 Å². The fourth-order valence-electron chi connectivity index (χ4n) is 1.61. The first kappa shape index (κ1) is 11.9. The zero-order valence-corrected chi connectivity index (χ0v) is 9.90. The van der Waals surface area contributed by atoms with Crippen molar-refractivity contribution >= 4 is 11.4 Å². The Bertz CT molecular complexity index is 396. The number of aliphatic hydroxyl groups excluding tert-OH is 1. The molecule has 1 aliphatic heterocycles. The summed E-state index contributed by atoms with van der Waals surface area (Å²) in [6.45, 7) is 3.89. The molecule has 0 saturated heterocycles. The van der Waals surface area contributed by atoms with Gasteiger partial charge in [-0.05, 0) is 5.92 Å². The minimum Gasteiger partial charge on any atom is -0.486 e. The first-order valence-corrected chi connectivity index (χ1v) is 5.74. The lowest BCUT2D eigenvalue weighted by Gasteiger charge is -2.21. The molecule has 0 aromatic heterocycles. The summed E-state index contributed by atoms with van der Waals surface area (Å²) in [7, 11) is 0. The highest BCUT2D eigenvalue weighted by molar-refractivity contribution is 5.72. The van der Waals surface area contributed by atoms with E-state index in [-0.39, 0.29) is 12.5 Å². The molecule has 1 heterocycles. The Balaban J connectivity index is 2.11. The maximum Gasteiger partial charge on any atom is 0.163 e. The molecule has 1 aromatic rings. The number of nitrogens with two attached hydrogens (primary N) is 1. The van der Waals surface area contributed by atoms with Crippen molar-refractivity contribution in [3.8, 4) is 11.5 Å². The highest BCUT2D eigenvalue weighted by atomic mass is 16.6. The summed E-state index contributed by atoms with van der Waals surface area (Å²) < 4.78 is 10.9. The first-order valence-electron chi connectivity index (χ1n) is 5.74. The van der Waals surface area contributed by atoms with Crippen LogP contribution < -0.4 is 20.5 Å². The van der Waals surface area contributed by atoms with Crippen LogP contribution in [-0.2, 0) is 0 Å². The molecule has 1 aromatic carbocycles. The van der Waals surface area contributed by atoms with Crippen molar-refractivity contribution in [1.29, 1.82) is 0 Å². The lowest BCUT2D eigenvalue weighted by molar-refractivity contribution is 0.172. The molecule has 0 radical (unpaired) electrons. The van der Waals surface area contributed by atoms with E-state index in [0.29, 0.717) is 36.9 Å². The van der Waals surface area contributed by atoms with Crippen molar-refractivity contribution in [3.63, 3.8) is 0 Å². The number of ether oxygens (including phenoxy) is 2. The van der Waals surface area contributed by atoms with E-state index in [2.05, 4.69) is 5.32 Å². The molecule has 0 spiro atoms. The van der Waals surface area contributed by atoms with E-state index in [1.807, 2.05) is 13.0 Å². The third kappa shape index (κ3) is 2.74. The van der Waals surface area contributed by atoms with Gasteiger partial charge in [0.1, 0.15) is 13.2 Å². The minimum absolute atomic E-state index is 0.150. The molecular weight excluding hydrogens is 220 g/mol. The second-order valence-electron chi connectivity index (χ2n) is 4.25. The number of anilines is 2. The predicted molar refractivity (Wildman–Crippen MR) is 66.6 cm³/mol. The summed E-state index contributed by atoms with van der Waals surface area (Å²) in [6.07, 6.45) is 0. The quantitative estimate of drug-likeness (QED) is 0.684. The summed E-state index contributed by atoms with van der Waals surface area (Å²) in [5, 5.41) is 12.2. The topological polar surface area (TPSA) is 76.7 Å². The molecule has 0 amide bonds. The number of aliphatic hydroxyl groups is 1. The Morgan fingerprint density at radius 1 is 1.35 bits per heavy atom. The molecule has 0 fully saturated rings. The fraction of sp³-hybridized carbons (Fsp3) is 0.500. The van der Waals surface area contributed by atoms with E-state index in [1.54, 1.807) is 6.07 Å². The Morgan fingerprint density at radius 3 is 2.65 bits per heavy atom. The summed E-state index contributed by atoms with van der Waals surface area (Å²) in [6, 6.07) is 3.61. The van der Waals surface area contributed by atoms with Crippen LogP contribution in [0.15, 0.2) is 12.1 Å². The van der Waals surface area contributed by atoms with Crippen molar-refractivity contribution in [2.45, 2.75) is 6.92 Å². The standard InChI is InChI=1S/C12H18N2O3/c1-8(7-15)6-14-10-5-12-11(4-9(10)13)16-2-3-17-12/h4-5,8,14-15H,2-3,6-7,13H2,1H3. The van der Waals surface area contributed by atoms with Crippen LogP contribution >= 0.6 is 0 Å². The van der Waals surface area contributed by atoms with Crippen molar-refractivity contribution in [2.75, 3.05) is 37.4 Å². The highest BCUT2D eigenvalue weighted by Gasteiger charge is 2.14. The zero-order chi connectivity index (χ0) is 12.3. The minimum atomic E-state index is 0.150. The number of fused-ring (bicyclic) bond motifs is 1. The van der Waals surface area contributed by atoms with Gasteiger partial charge >= 0.3 is 0 Å². The molecule has 4 N–H and O–H groups in total. The average molecular weight is 238 g/mol. The molecule has 17 heavy (non-hydrogen) atoms. The normalized spacial score (nSPS) is 15.4. The van der Waals surface area contributed by atoms with Crippen LogP contribution in [0.4, 0.5) is 11.4 Å². The predicted octanol–water partition coefficient (Wildman–Crippen LogP) is 1.08. The largest absolute Gasteiger partial charge is 0.486 e. The van der Waals surface area contributed by atoms with Crippen LogP contribution in [0.2, 0.25) is 0 Å². The van der Waals surface area contributed by atoms with E-state index in [4.69, 9.17) is 20.3 Å². The SMILES string of the molecule is CC(CO)CNc1cc2c(cc1N)OCCO2. The van der Waals surface area contributed by atoms with Crippen LogP contribution in [0, 0.1) is 5.92 Å². The van der Waals surface area contributed by atoms with Gasteiger partial charge in [-0.1, -0.05) is 6.92 Å². The van der Waals surface area contributed by atoms with E-state index in [0.717, 1.165) is 5.69 Å². The Labute approximate surface area is 101 Å². The number of nitrogens with one attached hydrogen (secondary N) is 1. The van der Waals surface area contributed by atoms with E-state index in [9.17, 15) is 0 Å². The van der Waals surface area contributed by atoms with E-state index in [1.165, 1.54) is 0 Å². The molecule has 1 unspecified atom stereocenters. The molecule has 5 heteroatoms. The second-order valence-corrected chi connectivity index (χ2v) is 4.25. The molecular formula is C12H18N2O3. The van der Waals surface area contributed by atoms with Gasteiger partial charge in [-0.3, -0.25) is 0 Å². The van der Waals surface area contributed by atoms with E-state index < -0.39 is 0 Å². The summed E-state index contributed by atoms with van der Waals surface area (Å²) in [4.78, 5) is 0. The van der Waals surface area contributed by atoms with Crippen LogP contribution in [0.1, 0.15) is 6.92 Å². The number of hydrogen-bond acceptors (Lipinski definition) is 5. The van der Waals surface area contributed by atoms with Gasteiger partial charge in [-0.15, -0.1) is 0 Å². The van der Waals surface area contributed by atoms with Gasteiger partial charge in [0.2, 0.25) is 0 Å². The molecule has 0 bridgehead atoms. The fourth-order valence-corrected chi connectivity index (χ4v) is 1.61. The van der Waals surface area contributed by atoms with Crippen molar-refractivity contribution in [3.05, 3.63) is 12.1 Å². The molecule has 5 nitrogen and oxygen atoms in total. The summed E-state index contributed by atoms with van der Waals surface area (Å²) in [5.41, 5.74) is 7.35. The highest BCUT2D eigenvalue weighted by Crippen LogP contribution is 2.36. The van der Waals surface area contributed by atoms with E-state index >= 15 is 0 Å². The number of hydrogen-bond donors (Lipinski definition) is 3. The summed E-state index contributed by atoms with van der Waals surface area (Å²) in [5.74, 6) is 1.58. The summed E-state index contributed by atoms with van der Waals surface area (Å²) >= 11 is 0. The van der Waals surface area contributed by atoms with Crippen molar-refractivity contribution < 1.29 is 14.6 Å². The molecule has 0 saturated carbocycles. The zero-order valence-electron chi connectivity index (χ0n) is 9.90. The Hall–Kier alpha value is -1.62. The van der Waals surface area contributed by atoms with Gasteiger partial charge in [0.15, 0.2) is 11.5 Å². The molecule has 2 rings (SSSR count). The Morgan fingerprint density at radius 2 is 2.00 bits per heavy atom. The van der Waals surface area contributed by atoms with Gasteiger partial charge in [-0.25, -0.2) is 0 Å². The lowest BCUT2D eigenvalue weighted by atomic mass is 10.2. The average Bonchev–Trinajstić information content (AvgIpc) is 2.35. The van der Waals surface area contributed by atoms with Gasteiger partial charge in [-0.2, -0.15) is 0 Å². The maximum atomic E-state index is 8.96. The maximum absolute atomic E-state index is 8.96. The number of benzene rings is 1. The van der Waals surface area contributed by atoms with Crippen LogP contribution in [0.3, 0.4) is 0 Å². The van der Waals surface area contributed by atoms with Crippen molar-refractivity contribution in [2.24, 2.45) is 5.92 Å². The molecule has 94 valence electrons. The molecule has 1 atom stereocenters. The number of rotatable bonds is 4. The smallest absolute Gasteiger partial charge is 0.163 e. The third-order valence-electron chi connectivity index (χ3n) is 2.67. The Kier molecular flexibility index (Phi) is 3.58.